The van der Waals surface area contributed by atoms with E-state index in [1.807, 2.05) is 0 Å². The van der Waals surface area contributed by atoms with Gasteiger partial charge in [-0.3, -0.25) is 9.59 Å². The fourth-order valence-electron chi connectivity index (χ4n) is 6.32. The normalized spacial score (nSPS) is 13.8. The smallest absolute Gasteiger partial charge is 0.306 e. The number of allylic oxidation sites excluding steroid dienone is 30. The zero-order valence-corrected chi connectivity index (χ0v) is 42.8. The summed E-state index contributed by atoms with van der Waals surface area (Å²) in [6, 6.07) is 0. The van der Waals surface area contributed by atoms with Crippen LogP contribution in [0.2, 0.25) is 0 Å². The Hall–Kier alpha value is -5.00. The molecule has 0 amide bonds. The Morgan fingerprint density at radius 2 is 0.603 bits per heavy atom. The Balaban J connectivity index is 3.73. The minimum Gasteiger partial charge on any atom is -0.462 e. The molecule has 376 valence electrons. The lowest BCUT2D eigenvalue weighted by molar-refractivity contribution is -0.161. The molecule has 0 saturated heterocycles. The lowest BCUT2D eigenvalue weighted by Crippen LogP contribution is -2.28. The Labute approximate surface area is 416 Å². The van der Waals surface area contributed by atoms with Gasteiger partial charge in [-0.25, -0.2) is 0 Å². The van der Waals surface area contributed by atoms with Crippen LogP contribution >= 0.6 is 0 Å². The van der Waals surface area contributed by atoms with Gasteiger partial charge >= 0.3 is 11.9 Å². The van der Waals surface area contributed by atoms with E-state index < -0.39 is 6.10 Å². The largest absolute Gasteiger partial charge is 0.462 e. The average molecular weight is 931 g/mol. The van der Waals surface area contributed by atoms with Crippen molar-refractivity contribution in [2.75, 3.05) is 13.2 Å². The molecule has 0 bridgehead atoms. The molecule has 0 aliphatic heterocycles. The molecule has 0 rings (SSSR count). The highest BCUT2D eigenvalue weighted by Crippen LogP contribution is 2.11. The monoisotopic (exact) mass is 931 g/mol. The Bertz CT molecular complexity index is 1620. The summed E-state index contributed by atoms with van der Waals surface area (Å²) in [5, 5.41) is 9.63. The van der Waals surface area contributed by atoms with Crippen molar-refractivity contribution < 1.29 is 24.2 Å². The van der Waals surface area contributed by atoms with E-state index in [2.05, 4.69) is 196 Å². The molecule has 0 heterocycles. The summed E-state index contributed by atoms with van der Waals surface area (Å²) >= 11 is 0. The van der Waals surface area contributed by atoms with E-state index in [1.165, 1.54) is 12.8 Å². The van der Waals surface area contributed by atoms with Crippen molar-refractivity contribution in [3.63, 3.8) is 0 Å². The number of carbonyl (C=O) groups is 2. The fraction of sp³-hybridized carbons (Fsp3) is 0.492. The molecule has 0 saturated carbocycles. The van der Waals surface area contributed by atoms with E-state index in [-0.39, 0.29) is 31.6 Å². The van der Waals surface area contributed by atoms with Crippen LogP contribution in [0.15, 0.2) is 182 Å². The van der Waals surface area contributed by atoms with Gasteiger partial charge < -0.3 is 14.6 Å². The maximum absolute atomic E-state index is 12.3. The van der Waals surface area contributed by atoms with Gasteiger partial charge in [-0.2, -0.15) is 0 Å². The molecule has 68 heavy (non-hydrogen) atoms. The van der Waals surface area contributed by atoms with Gasteiger partial charge in [0.2, 0.25) is 0 Å². The van der Waals surface area contributed by atoms with Crippen LogP contribution in [0.1, 0.15) is 181 Å². The van der Waals surface area contributed by atoms with E-state index >= 15 is 0 Å². The zero-order valence-electron chi connectivity index (χ0n) is 42.8. The number of aliphatic hydroxyl groups excluding tert-OH is 1. The minimum atomic E-state index is -0.821. The molecule has 1 unspecified atom stereocenters. The fourth-order valence-corrected chi connectivity index (χ4v) is 6.32. The molecular weight excluding hydrogens is 837 g/mol. The van der Waals surface area contributed by atoms with E-state index in [1.54, 1.807) is 0 Å². The van der Waals surface area contributed by atoms with Gasteiger partial charge in [0.25, 0.3) is 0 Å². The number of carbonyl (C=O) groups excluding carboxylic acids is 2. The van der Waals surface area contributed by atoms with Crippen LogP contribution in [0.4, 0.5) is 0 Å². The highest BCUT2D eigenvalue weighted by molar-refractivity contribution is 5.70. The minimum absolute atomic E-state index is 0.116. The van der Waals surface area contributed by atoms with Gasteiger partial charge in [0, 0.05) is 12.8 Å². The number of esters is 2. The van der Waals surface area contributed by atoms with Gasteiger partial charge in [0.1, 0.15) is 6.61 Å². The van der Waals surface area contributed by atoms with Crippen molar-refractivity contribution in [3.8, 4) is 0 Å². The molecule has 0 spiro atoms. The molecule has 0 aromatic heterocycles. The van der Waals surface area contributed by atoms with Crippen molar-refractivity contribution in [2.45, 2.75) is 187 Å². The first-order valence-corrected chi connectivity index (χ1v) is 26.3. The van der Waals surface area contributed by atoms with Crippen LogP contribution in [0, 0.1) is 0 Å². The molecule has 5 nitrogen and oxygen atoms in total. The topological polar surface area (TPSA) is 72.8 Å². The van der Waals surface area contributed by atoms with Crippen molar-refractivity contribution >= 4 is 11.9 Å². The summed E-state index contributed by atoms with van der Waals surface area (Å²) in [5.41, 5.74) is 0. The number of hydrogen-bond donors (Lipinski definition) is 1. The average Bonchev–Trinajstić information content (AvgIpc) is 3.34. The molecular formula is C63H94O5. The van der Waals surface area contributed by atoms with Crippen LogP contribution in [-0.4, -0.2) is 36.4 Å². The second-order valence-electron chi connectivity index (χ2n) is 16.5. The summed E-state index contributed by atoms with van der Waals surface area (Å²) in [6.45, 7) is 3.83. The molecule has 1 N–H and O–H groups in total. The second-order valence-corrected chi connectivity index (χ2v) is 16.5. The molecule has 0 aromatic carbocycles. The predicted octanol–water partition coefficient (Wildman–Crippen LogP) is 18.0. The number of rotatable bonds is 45. The third-order valence-electron chi connectivity index (χ3n) is 10.2. The second kappa shape index (κ2) is 56.3. The van der Waals surface area contributed by atoms with Crippen molar-refractivity contribution in [2.24, 2.45) is 0 Å². The van der Waals surface area contributed by atoms with Gasteiger partial charge in [0.05, 0.1) is 6.61 Å². The first-order valence-electron chi connectivity index (χ1n) is 26.3. The lowest BCUT2D eigenvalue weighted by Gasteiger charge is -2.15. The standard InChI is InChI=1S/C63H94O5/c1-3-5-7-9-11-13-15-17-19-21-23-25-27-28-29-30-31-32-33-34-36-38-40-42-44-46-48-50-52-54-56-58-63(66)68-61(59-64)60-67-62(65)57-55-53-51-49-47-45-43-41-39-37-35-26-24-22-20-18-16-14-12-10-8-6-4-2/h5-8,11-14,17-20,23-26,28-29,31-32,34,36-37,39-40,42-43,45,49,51,61,64H,3-4,9-10,15-16,21-22,27,30,33,35,38,41,44,46-48,50,52-60H2,1-2H3/b7-5-,8-6-,13-11-,14-12-,19-17-,20-18-,25-23-,26-24-,29-28-,32-31-,36-34-,39-37-,42-40-,45-43-,51-49-. The van der Waals surface area contributed by atoms with Crippen LogP contribution < -0.4 is 0 Å². The first kappa shape index (κ1) is 63.0. The van der Waals surface area contributed by atoms with Crippen LogP contribution in [-0.2, 0) is 19.1 Å². The van der Waals surface area contributed by atoms with Gasteiger partial charge in [-0.1, -0.05) is 222 Å². The van der Waals surface area contributed by atoms with Crippen molar-refractivity contribution in [3.05, 3.63) is 182 Å². The van der Waals surface area contributed by atoms with E-state index in [0.29, 0.717) is 12.8 Å². The maximum atomic E-state index is 12.3. The number of unbranched alkanes of at least 4 members (excludes halogenated alkanes) is 7. The van der Waals surface area contributed by atoms with Crippen LogP contribution in [0.3, 0.4) is 0 Å². The van der Waals surface area contributed by atoms with Crippen molar-refractivity contribution in [1.29, 1.82) is 0 Å². The summed E-state index contributed by atoms with van der Waals surface area (Å²) in [4.78, 5) is 24.5. The molecule has 0 aliphatic rings. The lowest BCUT2D eigenvalue weighted by atomic mass is 10.1. The van der Waals surface area contributed by atoms with Gasteiger partial charge in [-0.15, -0.1) is 0 Å². The Morgan fingerprint density at radius 1 is 0.338 bits per heavy atom. The van der Waals surface area contributed by atoms with Crippen LogP contribution in [0.25, 0.3) is 0 Å². The maximum Gasteiger partial charge on any atom is 0.306 e. The summed E-state index contributed by atoms with van der Waals surface area (Å²) in [7, 11) is 0. The van der Waals surface area contributed by atoms with Gasteiger partial charge in [0.15, 0.2) is 6.10 Å². The molecule has 0 radical (unpaired) electrons. The highest BCUT2D eigenvalue weighted by Gasteiger charge is 2.16. The molecule has 0 aromatic rings. The van der Waals surface area contributed by atoms with E-state index in [4.69, 9.17) is 9.47 Å². The molecule has 0 fully saturated rings. The van der Waals surface area contributed by atoms with E-state index in [9.17, 15) is 14.7 Å². The molecule has 1 atom stereocenters. The summed E-state index contributed by atoms with van der Waals surface area (Å²) in [6.07, 6.45) is 89.8. The number of ether oxygens (including phenoxy) is 2. The Kier molecular flexibility index (Phi) is 52.2. The van der Waals surface area contributed by atoms with E-state index in [0.717, 1.165) is 135 Å². The first-order chi connectivity index (χ1) is 33.6. The van der Waals surface area contributed by atoms with Crippen LogP contribution in [0.5, 0.6) is 0 Å². The zero-order chi connectivity index (χ0) is 49.2. The third-order valence-corrected chi connectivity index (χ3v) is 10.2. The van der Waals surface area contributed by atoms with Crippen molar-refractivity contribution in [1.82, 2.24) is 0 Å². The number of hydrogen-bond acceptors (Lipinski definition) is 5. The highest BCUT2D eigenvalue weighted by atomic mass is 16.6. The Morgan fingerprint density at radius 3 is 0.926 bits per heavy atom. The predicted molar refractivity (Wildman–Crippen MR) is 296 cm³/mol. The summed E-state index contributed by atoms with van der Waals surface area (Å²) < 4.78 is 10.6. The third kappa shape index (κ3) is 53.6. The quantitative estimate of drug-likeness (QED) is 0.0374. The number of aliphatic hydroxyl groups is 1. The molecule has 5 heteroatoms. The molecule has 0 aliphatic carbocycles. The summed E-state index contributed by atoms with van der Waals surface area (Å²) in [5.74, 6) is -0.696. The van der Waals surface area contributed by atoms with Gasteiger partial charge in [-0.05, 0) is 128 Å². The SMILES string of the molecule is CC/C=C\C/C=C\C/C=C\C/C=C\C/C=C\C/C=C\C/C=C\C/C=C\CCCCCCCCC(=O)OC(CO)COC(=O)CCC/C=C\C/C=C\C/C=C\C/C=C\C/C=C\C/C=C\C/C=C\CC.